The molecule has 38 heavy (non-hydrogen) atoms. The van der Waals surface area contributed by atoms with Crippen LogP contribution in [0.1, 0.15) is 44.2 Å². The van der Waals surface area contributed by atoms with E-state index in [-0.39, 0.29) is 12.0 Å². The van der Waals surface area contributed by atoms with Gasteiger partial charge in [-0.15, -0.1) is 0 Å². The standard InChI is InChI=1S/C29H37FN8/c1-4-36-10-12-37(13-11-36)18-21-8-9-25(31-17-21)33-29-32-16-19(2)27(35-29)22-14-23(30)28-24(15-22)38-20(3)6-5-7-26(38)34-28/h8-9,14-17,20,26,34H,4-7,10-13,18H2,1-3H3,(H,31,32,33,35). The zero-order valence-corrected chi connectivity index (χ0v) is 22.5. The zero-order chi connectivity index (χ0) is 26.2. The van der Waals surface area contributed by atoms with Crippen LogP contribution in [0.25, 0.3) is 11.3 Å². The number of piperidine rings is 1. The number of aromatic nitrogens is 3. The largest absolute Gasteiger partial charge is 0.361 e. The SMILES string of the molecule is CCN1CCN(Cc2ccc(Nc3ncc(C)c(-c4cc(F)c5c(c4)N4C(C)CCCC4N5)n3)nc2)CC1. The average Bonchev–Trinajstić information content (AvgIpc) is 3.32. The maximum atomic E-state index is 15.3. The van der Waals surface area contributed by atoms with Gasteiger partial charge in [0.1, 0.15) is 11.6 Å². The van der Waals surface area contributed by atoms with E-state index in [1.807, 2.05) is 19.2 Å². The Morgan fingerprint density at radius 3 is 2.63 bits per heavy atom. The van der Waals surface area contributed by atoms with Gasteiger partial charge in [-0.1, -0.05) is 13.0 Å². The number of hydrogen-bond acceptors (Lipinski definition) is 8. The summed E-state index contributed by atoms with van der Waals surface area (Å²) in [5.41, 5.74) is 5.11. The topological polar surface area (TPSA) is 72.5 Å². The molecule has 0 bridgehead atoms. The van der Waals surface area contributed by atoms with Crippen LogP contribution in [0.4, 0.5) is 27.5 Å². The molecule has 6 rings (SSSR count). The first-order chi connectivity index (χ1) is 18.5. The summed E-state index contributed by atoms with van der Waals surface area (Å²) in [6, 6.07) is 8.10. The molecule has 0 amide bonds. The minimum absolute atomic E-state index is 0.164. The number of rotatable bonds is 6. The molecule has 8 nitrogen and oxygen atoms in total. The van der Waals surface area contributed by atoms with E-state index in [9.17, 15) is 0 Å². The molecule has 0 radical (unpaired) electrons. The highest BCUT2D eigenvalue weighted by Gasteiger charge is 2.36. The van der Waals surface area contributed by atoms with Crippen molar-refractivity contribution < 1.29 is 4.39 Å². The van der Waals surface area contributed by atoms with E-state index in [4.69, 9.17) is 4.98 Å². The number of likely N-dealkylation sites (N-methyl/N-ethyl adjacent to an activating group) is 1. The minimum atomic E-state index is -0.236. The average molecular weight is 517 g/mol. The van der Waals surface area contributed by atoms with Crippen LogP contribution in [0.15, 0.2) is 36.7 Å². The van der Waals surface area contributed by atoms with Crippen LogP contribution < -0.4 is 15.5 Å². The molecule has 3 aliphatic rings. The molecular weight excluding hydrogens is 479 g/mol. The number of aryl methyl sites for hydroxylation is 1. The van der Waals surface area contributed by atoms with Gasteiger partial charge in [-0.2, -0.15) is 0 Å². The molecule has 5 heterocycles. The Labute approximate surface area is 224 Å². The summed E-state index contributed by atoms with van der Waals surface area (Å²) in [6.45, 7) is 12.9. The van der Waals surface area contributed by atoms with Crippen LogP contribution in [-0.2, 0) is 6.54 Å². The Kier molecular flexibility index (Phi) is 6.88. The van der Waals surface area contributed by atoms with E-state index in [2.05, 4.69) is 61.3 Å². The van der Waals surface area contributed by atoms with E-state index < -0.39 is 0 Å². The summed E-state index contributed by atoms with van der Waals surface area (Å²) < 4.78 is 15.3. The van der Waals surface area contributed by atoms with Gasteiger partial charge in [-0.25, -0.2) is 19.3 Å². The lowest BCUT2D eigenvalue weighted by Gasteiger charge is -2.37. The molecule has 3 aromatic rings. The first-order valence-electron chi connectivity index (χ1n) is 13.9. The Balaban J connectivity index is 1.18. The van der Waals surface area contributed by atoms with Crippen LogP contribution in [0.5, 0.6) is 0 Å². The second-order valence-electron chi connectivity index (χ2n) is 10.8. The molecule has 2 saturated heterocycles. The molecule has 200 valence electrons. The summed E-state index contributed by atoms with van der Waals surface area (Å²) >= 11 is 0. The number of hydrogen-bond donors (Lipinski definition) is 2. The van der Waals surface area contributed by atoms with Crippen LogP contribution in [0, 0.1) is 12.7 Å². The number of anilines is 4. The van der Waals surface area contributed by atoms with E-state index in [0.29, 0.717) is 23.5 Å². The van der Waals surface area contributed by atoms with Gasteiger partial charge in [0.25, 0.3) is 0 Å². The first-order valence-corrected chi connectivity index (χ1v) is 13.9. The minimum Gasteiger partial charge on any atom is -0.361 e. The van der Waals surface area contributed by atoms with Gasteiger partial charge in [0.05, 0.1) is 23.2 Å². The number of piperazine rings is 1. The summed E-state index contributed by atoms with van der Waals surface area (Å²) in [4.78, 5) is 21.1. The summed E-state index contributed by atoms with van der Waals surface area (Å²) in [7, 11) is 0. The summed E-state index contributed by atoms with van der Waals surface area (Å²) in [5, 5.41) is 6.63. The third-order valence-corrected chi connectivity index (χ3v) is 8.20. The van der Waals surface area contributed by atoms with Gasteiger partial charge in [0, 0.05) is 56.7 Å². The Morgan fingerprint density at radius 2 is 1.87 bits per heavy atom. The predicted molar refractivity (Wildman–Crippen MR) is 150 cm³/mol. The third kappa shape index (κ3) is 4.92. The number of fused-ring (bicyclic) bond motifs is 3. The molecule has 2 fully saturated rings. The van der Waals surface area contributed by atoms with E-state index in [0.717, 1.165) is 81.0 Å². The molecular formula is C29H37FN8. The van der Waals surface area contributed by atoms with Crippen molar-refractivity contribution in [1.29, 1.82) is 0 Å². The Hall–Kier alpha value is -3.30. The van der Waals surface area contributed by atoms with Gasteiger partial charge < -0.3 is 20.4 Å². The van der Waals surface area contributed by atoms with Crippen LogP contribution in [0.2, 0.25) is 0 Å². The fraction of sp³-hybridized carbons (Fsp3) is 0.483. The quantitative estimate of drug-likeness (QED) is 0.475. The lowest BCUT2D eigenvalue weighted by atomic mass is 10.0. The number of halogens is 1. The van der Waals surface area contributed by atoms with Crippen molar-refractivity contribution in [3.63, 3.8) is 0 Å². The van der Waals surface area contributed by atoms with Gasteiger partial charge >= 0.3 is 0 Å². The Morgan fingerprint density at radius 1 is 1.05 bits per heavy atom. The normalized spacial score (nSPS) is 21.6. The van der Waals surface area contributed by atoms with Gasteiger partial charge in [-0.05, 0) is 69.0 Å². The van der Waals surface area contributed by atoms with Crippen molar-refractivity contribution >= 4 is 23.1 Å². The smallest absolute Gasteiger partial charge is 0.228 e. The van der Waals surface area contributed by atoms with Crippen molar-refractivity contribution in [3.05, 3.63) is 53.6 Å². The molecule has 0 spiro atoms. The molecule has 9 heteroatoms. The van der Waals surface area contributed by atoms with Gasteiger partial charge in [0.2, 0.25) is 5.95 Å². The first kappa shape index (κ1) is 25.0. The lowest BCUT2D eigenvalue weighted by molar-refractivity contribution is 0.132. The molecule has 1 aromatic carbocycles. The number of benzene rings is 1. The van der Waals surface area contributed by atoms with Crippen LogP contribution in [0.3, 0.4) is 0 Å². The molecule has 2 unspecified atom stereocenters. The number of nitrogens with zero attached hydrogens (tertiary/aromatic N) is 6. The highest BCUT2D eigenvalue weighted by molar-refractivity contribution is 5.83. The maximum absolute atomic E-state index is 15.3. The van der Waals surface area contributed by atoms with E-state index >= 15 is 4.39 Å². The van der Waals surface area contributed by atoms with Gasteiger partial charge in [-0.3, -0.25) is 4.90 Å². The second-order valence-corrected chi connectivity index (χ2v) is 10.8. The fourth-order valence-electron chi connectivity index (χ4n) is 6.00. The van der Waals surface area contributed by atoms with Crippen molar-refractivity contribution in [1.82, 2.24) is 24.8 Å². The summed E-state index contributed by atoms with van der Waals surface area (Å²) in [5.74, 6) is 0.901. The fourth-order valence-corrected chi connectivity index (χ4v) is 6.00. The zero-order valence-electron chi connectivity index (χ0n) is 22.5. The second kappa shape index (κ2) is 10.5. The highest BCUT2D eigenvalue weighted by Crippen LogP contribution is 2.44. The van der Waals surface area contributed by atoms with E-state index in [1.54, 1.807) is 12.3 Å². The maximum Gasteiger partial charge on any atom is 0.228 e. The lowest BCUT2D eigenvalue weighted by Crippen LogP contribution is -2.45. The predicted octanol–water partition coefficient (Wildman–Crippen LogP) is 5.00. The third-order valence-electron chi connectivity index (χ3n) is 8.20. The van der Waals surface area contributed by atoms with Crippen molar-refractivity contribution in [2.24, 2.45) is 0 Å². The highest BCUT2D eigenvalue weighted by atomic mass is 19.1. The molecule has 0 saturated carbocycles. The molecule has 0 aliphatic carbocycles. The molecule has 2 atom stereocenters. The van der Waals surface area contributed by atoms with Crippen LogP contribution >= 0.6 is 0 Å². The number of pyridine rings is 1. The summed E-state index contributed by atoms with van der Waals surface area (Å²) in [6.07, 6.45) is 7.16. The molecule has 2 aromatic heterocycles. The number of nitrogens with one attached hydrogen (secondary N) is 2. The van der Waals surface area contributed by atoms with Crippen molar-refractivity contribution in [3.8, 4) is 11.3 Å². The Bertz CT molecular complexity index is 1290. The van der Waals surface area contributed by atoms with Crippen LogP contribution in [-0.4, -0.2) is 69.7 Å². The molecule has 3 aliphatic heterocycles. The van der Waals surface area contributed by atoms with Crippen molar-refractivity contribution in [2.75, 3.05) is 48.3 Å². The van der Waals surface area contributed by atoms with E-state index in [1.165, 1.54) is 5.56 Å². The molecule has 2 N–H and O–H groups in total. The van der Waals surface area contributed by atoms with Gasteiger partial charge in [0.15, 0.2) is 0 Å². The monoisotopic (exact) mass is 516 g/mol. The van der Waals surface area contributed by atoms with Crippen molar-refractivity contribution in [2.45, 2.75) is 58.8 Å².